The van der Waals surface area contributed by atoms with Crippen LogP contribution in [0.15, 0.2) is 42.5 Å². The lowest BCUT2D eigenvalue weighted by Crippen LogP contribution is -2.46. The minimum absolute atomic E-state index is 0.166. The quantitative estimate of drug-likeness (QED) is 0.706. The van der Waals surface area contributed by atoms with Gasteiger partial charge in [0.25, 0.3) is 0 Å². The van der Waals surface area contributed by atoms with Crippen LogP contribution in [-0.2, 0) is 17.8 Å². The molecule has 0 saturated carbocycles. The largest absolute Gasteiger partial charge is 0.493 e. The number of piperidine rings is 1. The summed E-state index contributed by atoms with van der Waals surface area (Å²) in [6.07, 6.45) is 2.58. The highest BCUT2D eigenvalue weighted by Gasteiger charge is 2.38. The zero-order chi connectivity index (χ0) is 20.4. The van der Waals surface area contributed by atoms with Crippen LogP contribution in [0.5, 0.6) is 11.5 Å². The van der Waals surface area contributed by atoms with E-state index < -0.39 is 0 Å². The maximum absolute atomic E-state index is 12.8. The van der Waals surface area contributed by atoms with Crippen molar-refractivity contribution in [1.82, 2.24) is 4.90 Å². The second-order valence-corrected chi connectivity index (χ2v) is 8.73. The Morgan fingerprint density at radius 1 is 1.14 bits per heavy atom. The molecule has 0 aliphatic carbocycles. The number of Topliss-reactive ketones (excluding diaryl/α,β-unsaturated/α-hetero) is 1. The Bertz CT molecular complexity index is 862. The average molecular weight is 394 g/mol. The summed E-state index contributed by atoms with van der Waals surface area (Å²) in [6.45, 7) is 6.79. The standard InChI is InChI=1S/C25H31NO3/c1-17(2)11-20-15-26-10-9-19-12-24(28-3)25(13-21(19)22(26)14-23(20)27)29-16-18-7-5-4-6-8-18/h4-8,12-13,17,20,22H,9-11,14-16H2,1-3H3. The van der Waals surface area contributed by atoms with Gasteiger partial charge in [-0.3, -0.25) is 9.69 Å². The number of ether oxygens (including phenoxy) is 2. The molecule has 0 bridgehead atoms. The van der Waals surface area contributed by atoms with Gasteiger partial charge >= 0.3 is 0 Å². The van der Waals surface area contributed by atoms with E-state index in [-0.39, 0.29) is 12.0 Å². The van der Waals surface area contributed by atoms with Crippen LogP contribution >= 0.6 is 0 Å². The summed E-state index contributed by atoms with van der Waals surface area (Å²) >= 11 is 0. The normalized spacial score (nSPS) is 21.6. The van der Waals surface area contributed by atoms with Crippen LogP contribution in [-0.4, -0.2) is 30.9 Å². The second-order valence-electron chi connectivity index (χ2n) is 8.73. The molecule has 2 aromatic rings. The Balaban J connectivity index is 1.57. The first-order valence-corrected chi connectivity index (χ1v) is 10.7. The average Bonchev–Trinajstić information content (AvgIpc) is 2.72. The topological polar surface area (TPSA) is 38.8 Å². The van der Waals surface area contributed by atoms with Crippen LogP contribution in [0.4, 0.5) is 0 Å². The molecule has 2 aliphatic rings. The number of hydrogen-bond acceptors (Lipinski definition) is 4. The molecular formula is C25H31NO3. The van der Waals surface area contributed by atoms with E-state index in [2.05, 4.69) is 43.0 Å². The molecule has 0 radical (unpaired) electrons. The van der Waals surface area contributed by atoms with Crippen molar-refractivity contribution in [3.05, 3.63) is 59.2 Å². The van der Waals surface area contributed by atoms with Crippen LogP contribution in [0.25, 0.3) is 0 Å². The molecule has 0 spiro atoms. The fourth-order valence-corrected chi connectivity index (χ4v) is 4.74. The van der Waals surface area contributed by atoms with Crippen molar-refractivity contribution in [3.63, 3.8) is 0 Å². The number of nitrogens with zero attached hydrogens (tertiary/aromatic N) is 1. The maximum Gasteiger partial charge on any atom is 0.162 e. The smallest absolute Gasteiger partial charge is 0.162 e. The summed E-state index contributed by atoms with van der Waals surface area (Å²) < 4.78 is 11.7. The fourth-order valence-electron chi connectivity index (χ4n) is 4.74. The number of benzene rings is 2. The van der Waals surface area contributed by atoms with E-state index in [4.69, 9.17) is 9.47 Å². The van der Waals surface area contributed by atoms with Crippen LogP contribution in [0.1, 0.15) is 49.4 Å². The highest BCUT2D eigenvalue weighted by Crippen LogP contribution is 2.42. The van der Waals surface area contributed by atoms with E-state index >= 15 is 0 Å². The molecule has 1 saturated heterocycles. The first-order valence-electron chi connectivity index (χ1n) is 10.7. The van der Waals surface area contributed by atoms with Gasteiger partial charge in [0.2, 0.25) is 0 Å². The van der Waals surface area contributed by atoms with E-state index in [1.165, 1.54) is 11.1 Å². The third kappa shape index (κ3) is 4.32. The third-order valence-electron chi connectivity index (χ3n) is 6.19. The lowest BCUT2D eigenvalue weighted by Gasteiger charge is -2.43. The van der Waals surface area contributed by atoms with Gasteiger partial charge < -0.3 is 9.47 Å². The minimum atomic E-state index is 0.166. The Kier molecular flexibility index (Phi) is 5.91. The zero-order valence-corrected chi connectivity index (χ0v) is 17.7. The van der Waals surface area contributed by atoms with Crippen molar-refractivity contribution in [1.29, 1.82) is 0 Å². The number of hydrogen-bond donors (Lipinski definition) is 0. The van der Waals surface area contributed by atoms with Gasteiger partial charge in [0.05, 0.1) is 7.11 Å². The number of carbonyl (C=O) groups excluding carboxylic acids is 1. The highest BCUT2D eigenvalue weighted by molar-refractivity contribution is 5.83. The summed E-state index contributed by atoms with van der Waals surface area (Å²) in [5.41, 5.74) is 3.64. The molecule has 2 aliphatic heterocycles. The molecule has 154 valence electrons. The van der Waals surface area contributed by atoms with Gasteiger partial charge in [-0.25, -0.2) is 0 Å². The summed E-state index contributed by atoms with van der Waals surface area (Å²) in [5.74, 6) is 2.68. The van der Waals surface area contributed by atoms with Crippen LogP contribution in [0.2, 0.25) is 0 Å². The van der Waals surface area contributed by atoms with Gasteiger partial charge in [-0.15, -0.1) is 0 Å². The van der Waals surface area contributed by atoms with E-state index in [0.29, 0.717) is 24.7 Å². The number of fused-ring (bicyclic) bond motifs is 3. The van der Waals surface area contributed by atoms with Crippen LogP contribution in [0, 0.1) is 11.8 Å². The molecular weight excluding hydrogens is 362 g/mol. The summed E-state index contributed by atoms with van der Waals surface area (Å²) in [4.78, 5) is 15.3. The van der Waals surface area contributed by atoms with Gasteiger partial charge in [0.1, 0.15) is 12.4 Å². The van der Waals surface area contributed by atoms with Crippen molar-refractivity contribution >= 4 is 5.78 Å². The molecule has 0 amide bonds. The zero-order valence-electron chi connectivity index (χ0n) is 17.7. The number of ketones is 1. The molecule has 29 heavy (non-hydrogen) atoms. The van der Waals surface area contributed by atoms with Crippen molar-refractivity contribution < 1.29 is 14.3 Å². The van der Waals surface area contributed by atoms with E-state index in [1.807, 2.05) is 18.2 Å². The third-order valence-corrected chi connectivity index (χ3v) is 6.19. The fraction of sp³-hybridized carbons (Fsp3) is 0.480. The second kappa shape index (κ2) is 8.58. The molecule has 2 heterocycles. The van der Waals surface area contributed by atoms with E-state index in [0.717, 1.165) is 43.0 Å². The predicted molar refractivity (Wildman–Crippen MR) is 114 cm³/mol. The van der Waals surface area contributed by atoms with Crippen LogP contribution < -0.4 is 9.47 Å². The Morgan fingerprint density at radius 2 is 1.93 bits per heavy atom. The molecule has 0 N–H and O–H groups in total. The predicted octanol–water partition coefficient (Wildman–Crippen LogP) is 4.81. The number of methoxy groups -OCH3 is 1. The first kappa shape index (κ1) is 20.0. The molecule has 1 fully saturated rings. The SMILES string of the molecule is COc1cc2c(cc1OCc1ccccc1)C1CC(=O)C(CC(C)C)CN1CC2. The van der Waals surface area contributed by atoms with Crippen molar-refractivity contribution in [2.75, 3.05) is 20.2 Å². The molecule has 0 aromatic heterocycles. The van der Waals surface area contributed by atoms with Gasteiger partial charge in [-0.1, -0.05) is 44.2 Å². The highest BCUT2D eigenvalue weighted by atomic mass is 16.5. The summed E-state index contributed by atoms with van der Waals surface area (Å²) in [6, 6.07) is 14.5. The Labute approximate surface area is 173 Å². The molecule has 2 atom stereocenters. The molecule has 4 rings (SSSR count). The van der Waals surface area contributed by atoms with E-state index in [9.17, 15) is 4.79 Å². The summed E-state index contributed by atoms with van der Waals surface area (Å²) in [7, 11) is 1.69. The van der Waals surface area contributed by atoms with E-state index in [1.54, 1.807) is 7.11 Å². The van der Waals surface area contributed by atoms with Gasteiger partial charge in [-0.05, 0) is 47.6 Å². The molecule has 4 nitrogen and oxygen atoms in total. The monoisotopic (exact) mass is 393 g/mol. The lowest BCUT2D eigenvalue weighted by molar-refractivity contribution is -0.129. The number of rotatable bonds is 6. The minimum Gasteiger partial charge on any atom is -0.493 e. The Hall–Kier alpha value is -2.33. The van der Waals surface area contributed by atoms with Crippen molar-refractivity contribution in [2.24, 2.45) is 11.8 Å². The van der Waals surface area contributed by atoms with Crippen molar-refractivity contribution in [3.8, 4) is 11.5 Å². The number of carbonyl (C=O) groups is 1. The lowest BCUT2D eigenvalue weighted by atomic mass is 9.80. The molecule has 2 unspecified atom stereocenters. The first-order chi connectivity index (χ1) is 14.0. The molecule has 2 aromatic carbocycles. The summed E-state index contributed by atoms with van der Waals surface area (Å²) in [5, 5.41) is 0. The van der Waals surface area contributed by atoms with Crippen LogP contribution in [0.3, 0.4) is 0 Å². The van der Waals surface area contributed by atoms with Gasteiger partial charge in [0.15, 0.2) is 11.5 Å². The van der Waals surface area contributed by atoms with Gasteiger partial charge in [0, 0.05) is 31.5 Å². The molecule has 4 heteroatoms. The van der Waals surface area contributed by atoms with Gasteiger partial charge in [-0.2, -0.15) is 0 Å². The Morgan fingerprint density at radius 3 is 2.66 bits per heavy atom. The maximum atomic E-state index is 12.8. The van der Waals surface area contributed by atoms with Crippen molar-refractivity contribution in [2.45, 2.75) is 45.8 Å².